The number of aromatic hydroxyl groups is 1. The maximum absolute atomic E-state index is 12.5. The van der Waals surface area contributed by atoms with Gasteiger partial charge in [0.25, 0.3) is 0 Å². The zero-order chi connectivity index (χ0) is 8.43. The molecule has 0 atom stereocenters. The Labute approximate surface area is 63.4 Å². The van der Waals surface area contributed by atoms with Crippen LogP contribution in [-0.4, -0.2) is 5.11 Å². The molecule has 0 spiro atoms. The molecule has 0 saturated carbocycles. The standard InChI is InChI=1S/C7H9FN2O/c8-5-2-6(10)4(3-9)1-7(5)11/h1-2,11H,3,9-10H2. The number of rotatable bonds is 1. The second kappa shape index (κ2) is 2.75. The van der Waals surface area contributed by atoms with Gasteiger partial charge in [-0.2, -0.15) is 0 Å². The first-order valence-electron chi connectivity index (χ1n) is 3.12. The van der Waals surface area contributed by atoms with Gasteiger partial charge in [0.05, 0.1) is 0 Å². The van der Waals surface area contributed by atoms with Crippen LogP contribution in [0.3, 0.4) is 0 Å². The fraction of sp³-hybridized carbons (Fsp3) is 0.143. The van der Waals surface area contributed by atoms with Crippen molar-refractivity contribution in [1.82, 2.24) is 0 Å². The largest absolute Gasteiger partial charge is 0.505 e. The van der Waals surface area contributed by atoms with Crippen molar-refractivity contribution in [3.8, 4) is 5.75 Å². The highest BCUT2D eigenvalue weighted by Crippen LogP contribution is 2.21. The van der Waals surface area contributed by atoms with Gasteiger partial charge in [0, 0.05) is 18.3 Å². The third kappa shape index (κ3) is 1.40. The molecule has 0 aliphatic carbocycles. The van der Waals surface area contributed by atoms with Crippen LogP contribution in [0.15, 0.2) is 12.1 Å². The van der Waals surface area contributed by atoms with Crippen LogP contribution in [-0.2, 0) is 6.54 Å². The van der Waals surface area contributed by atoms with Gasteiger partial charge < -0.3 is 16.6 Å². The third-order valence-corrected chi connectivity index (χ3v) is 1.43. The quantitative estimate of drug-likeness (QED) is 0.411. The molecule has 4 heteroatoms. The summed E-state index contributed by atoms with van der Waals surface area (Å²) < 4.78 is 12.5. The van der Waals surface area contributed by atoms with Gasteiger partial charge in [0.15, 0.2) is 11.6 Å². The molecule has 0 heterocycles. The van der Waals surface area contributed by atoms with E-state index in [-0.39, 0.29) is 12.2 Å². The van der Waals surface area contributed by atoms with Crippen LogP contribution in [0, 0.1) is 5.82 Å². The highest BCUT2D eigenvalue weighted by atomic mass is 19.1. The number of nitrogen functional groups attached to an aromatic ring is 1. The molecule has 0 unspecified atom stereocenters. The van der Waals surface area contributed by atoms with E-state index >= 15 is 0 Å². The van der Waals surface area contributed by atoms with E-state index in [1.165, 1.54) is 6.07 Å². The Morgan fingerprint density at radius 3 is 2.64 bits per heavy atom. The topological polar surface area (TPSA) is 72.3 Å². The molecule has 0 aromatic heterocycles. The van der Waals surface area contributed by atoms with E-state index in [0.29, 0.717) is 5.56 Å². The minimum absolute atomic E-state index is 0.194. The lowest BCUT2D eigenvalue weighted by molar-refractivity contribution is 0.432. The maximum atomic E-state index is 12.5. The zero-order valence-electron chi connectivity index (χ0n) is 5.84. The number of phenols is 1. The van der Waals surface area contributed by atoms with Crippen LogP contribution in [0.5, 0.6) is 5.75 Å². The molecular formula is C7H9FN2O. The Hall–Kier alpha value is -1.29. The van der Waals surface area contributed by atoms with E-state index in [0.717, 1.165) is 6.07 Å². The number of benzene rings is 1. The second-order valence-corrected chi connectivity index (χ2v) is 2.21. The lowest BCUT2D eigenvalue weighted by Crippen LogP contribution is -2.01. The normalized spacial score (nSPS) is 10.0. The zero-order valence-corrected chi connectivity index (χ0v) is 5.84. The number of nitrogens with two attached hydrogens (primary N) is 2. The van der Waals surface area contributed by atoms with E-state index in [1.54, 1.807) is 0 Å². The first kappa shape index (κ1) is 7.81. The van der Waals surface area contributed by atoms with Gasteiger partial charge in [-0.05, 0) is 11.6 Å². The number of hydrogen-bond acceptors (Lipinski definition) is 3. The number of anilines is 1. The molecule has 0 fully saturated rings. The summed E-state index contributed by atoms with van der Waals surface area (Å²) in [4.78, 5) is 0. The summed E-state index contributed by atoms with van der Waals surface area (Å²) in [7, 11) is 0. The fourth-order valence-electron chi connectivity index (χ4n) is 0.797. The average molecular weight is 156 g/mol. The molecule has 1 aromatic rings. The highest BCUT2D eigenvalue weighted by molar-refractivity contribution is 5.50. The summed E-state index contributed by atoms with van der Waals surface area (Å²) in [5, 5.41) is 8.87. The van der Waals surface area contributed by atoms with E-state index in [9.17, 15) is 4.39 Å². The minimum Gasteiger partial charge on any atom is -0.505 e. The molecule has 11 heavy (non-hydrogen) atoms. The van der Waals surface area contributed by atoms with Crippen molar-refractivity contribution in [1.29, 1.82) is 0 Å². The van der Waals surface area contributed by atoms with Gasteiger partial charge >= 0.3 is 0 Å². The van der Waals surface area contributed by atoms with Crippen molar-refractivity contribution >= 4 is 5.69 Å². The fourth-order valence-corrected chi connectivity index (χ4v) is 0.797. The highest BCUT2D eigenvalue weighted by Gasteiger charge is 2.04. The van der Waals surface area contributed by atoms with Gasteiger partial charge in [0.1, 0.15) is 0 Å². The van der Waals surface area contributed by atoms with Crippen LogP contribution >= 0.6 is 0 Å². The molecule has 0 aliphatic heterocycles. The Morgan fingerprint density at radius 2 is 2.09 bits per heavy atom. The van der Waals surface area contributed by atoms with Gasteiger partial charge in [-0.3, -0.25) is 0 Å². The van der Waals surface area contributed by atoms with Crippen LogP contribution in [0.25, 0.3) is 0 Å². The van der Waals surface area contributed by atoms with Gasteiger partial charge in [-0.1, -0.05) is 0 Å². The van der Waals surface area contributed by atoms with Crippen molar-refractivity contribution in [2.45, 2.75) is 6.54 Å². The van der Waals surface area contributed by atoms with Crippen molar-refractivity contribution in [2.75, 3.05) is 5.73 Å². The first-order valence-corrected chi connectivity index (χ1v) is 3.12. The molecule has 1 aromatic carbocycles. The number of halogens is 1. The molecule has 0 aliphatic rings. The second-order valence-electron chi connectivity index (χ2n) is 2.21. The van der Waals surface area contributed by atoms with Crippen molar-refractivity contribution < 1.29 is 9.50 Å². The Morgan fingerprint density at radius 1 is 1.45 bits per heavy atom. The Bertz CT molecular complexity index is 275. The lowest BCUT2D eigenvalue weighted by Gasteiger charge is -2.03. The number of phenolic OH excluding ortho intramolecular Hbond substituents is 1. The Kier molecular flexibility index (Phi) is 1.96. The van der Waals surface area contributed by atoms with Crippen molar-refractivity contribution in [3.63, 3.8) is 0 Å². The summed E-state index contributed by atoms with van der Waals surface area (Å²) in [6.45, 7) is 0.194. The van der Waals surface area contributed by atoms with Crippen molar-refractivity contribution in [3.05, 3.63) is 23.5 Å². The van der Waals surface area contributed by atoms with Gasteiger partial charge in [-0.15, -0.1) is 0 Å². The predicted octanol–water partition coefficient (Wildman–Crippen LogP) is 0.572. The summed E-state index contributed by atoms with van der Waals surface area (Å²) in [5.41, 5.74) is 11.4. The SMILES string of the molecule is NCc1cc(O)c(F)cc1N. The van der Waals surface area contributed by atoms with Crippen LogP contribution in [0.1, 0.15) is 5.56 Å². The molecule has 0 saturated heterocycles. The summed E-state index contributed by atoms with van der Waals surface area (Å²) >= 11 is 0. The smallest absolute Gasteiger partial charge is 0.166 e. The minimum atomic E-state index is -0.723. The third-order valence-electron chi connectivity index (χ3n) is 1.43. The molecule has 0 radical (unpaired) electrons. The van der Waals surface area contributed by atoms with E-state index in [4.69, 9.17) is 16.6 Å². The summed E-state index contributed by atoms with van der Waals surface area (Å²) in [6, 6.07) is 2.28. The molecule has 5 N–H and O–H groups in total. The van der Waals surface area contributed by atoms with Crippen LogP contribution < -0.4 is 11.5 Å². The van der Waals surface area contributed by atoms with Crippen LogP contribution in [0.2, 0.25) is 0 Å². The number of hydrogen-bond donors (Lipinski definition) is 3. The molecule has 1 rings (SSSR count). The molecule has 0 bridgehead atoms. The van der Waals surface area contributed by atoms with Crippen molar-refractivity contribution in [2.24, 2.45) is 5.73 Å². The van der Waals surface area contributed by atoms with Gasteiger partial charge in [-0.25, -0.2) is 4.39 Å². The van der Waals surface area contributed by atoms with E-state index in [1.807, 2.05) is 0 Å². The maximum Gasteiger partial charge on any atom is 0.166 e. The van der Waals surface area contributed by atoms with E-state index in [2.05, 4.69) is 0 Å². The monoisotopic (exact) mass is 156 g/mol. The average Bonchev–Trinajstić information content (AvgIpc) is 1.97. The molecular weight excluding hydrogens is 147 g/mol. The lowest BCUT2D eigenvalue weighted by atomic mass is 10.1. The predicted molar refractivity (Wildman–Crippen MR) is 40.4 cm³/mol. The molecule has 60 valence electrons. The van der Waals surface area contributed by atoms with E-state index < -0.39 is 11.6 Å². The molecule has 3 nitrogen and oxygen atoms in total. The Balaban J connectivity index is 3.21. The van der Waals surface area contributed by atoms with Crippen LogP contribution in [0.4, 0.5) is 10.1 Å². The molecule has 0 amide bonds. The summed E-state index contributed by atoms with van der Waals surface area (Å²) in [5.74, 6) is -1.14. The summed E-state index contributed by atoms with van der Waals surface area (Å²) in [6.07, 6.45) is 0. The van der Waals surface area contributed by atoms with Gasteiger partial charge in [0.2, 0.25) is 0 Å². The first-order chi connectivity index (χ1) is 5.15.